The summed E-state index contributed by atoms with van der Waals surface area (Å²) >= 11 is 0. The maximum Gasteiger partial charge on any atom is 0.0632 e. The summed E-state index contributed by atoms with van der Waals surface area (Å²) in [4.78, 5) is 4.43. The van der Waals surface area contributed by atoms with Crippen molar-refractivity contribution in [1.82, 2.24) is 4.98 Å². The fourth-order valence-corrected chi connectivity index (χ4v) is 4.11. The smallest absolute Gasteiger partial charge is 0.0632 e. The van der Waals surface area contributed by atoms with E-state index in [1.54, 1.807) is 0 Å². The molecule has 1 saturated carbocycles. The molecule has 108 valence electrons. The van der Waals surface area contributed by atoms with E-state index in [-0.39, 0.29) is 6.10 Å². The minimum Gasteiger partial charge on any atom is -0.392 e. The molecule has 0 saturated heterocycles. The zero-order valence-electron chi connectivity index (χ0n) is 12.4. The monoisotopic (exact) mass is 279 g/mol. The number of benzene rings is 1. The number of aliphatic hydroxyl groups excluding tert-OH is 1. The van der Waals surface area contributed by atoms with Gasteiger partial charge >= 0.3 is 0 Å². The molecule has 0 radical (unpaired) electrons. The lowest BCUT2D eigenvalue weighted by Gasteiger charge is -2.13. The molecular weight excluding hydrogens is 258 g/mol. The summed E-state index contributed by atoms with van der Waals surface area (Å²) in [5.74, 6) is 1.69. The van der Waals surface area contributed by atoms with Crippen molar-refractivity contribution < 1.29 is 5.11 Å². The van der Waals surface area contributed by atoms with Crippen LogP contribution < -0.4 is 0 Å². The van der Waals surface area contributed by atoms with Crippen LogP contribution in [0.4, 0.5) is 0 Å². The second kappa shape index (κ2) is 4.96. The van der Waals surface area contributed by atoms with Crippen LogP contribution in [0.25, 0.3) is 0 Å². The van der Waals surface area contributed by atoms with Crippen molar-refractivity contribution in [2.45, 2.75) is 38.2 Å². The van der Waals surface area contributed by atoms with Crippen LogP contribution in [-0.4, -0.2) is 16.2 Å². The standard InChI is InChI=1S/C19H21NO/c1-12-6-8-14(20-11-12)10-17(21)19-16-9-7-13-4-2-3-5-15(13)18(16)19/h2-6,8,11,16-19,21H,7,9-10H2,1H3. The average Bonchev–Trinajstić information content (AvgIpc) is 3.25. The molecular formula is C19H21NO. The topological polar surface area (TPSA) is 33.1 Å². The van der Waals surface area contributed by atoms with Crippen molar-refractivity contribution in [3.63, 3.8) is 0 Å². The molecule has 21 heavy (non-hydrogen) atoms. The molecule has 2 aliphatic rings. The third-order valence-electron chi connectivity index (χ3n) is 5.23. The van der Waals surface area contributed by atoms with Crippen molar-refractivity contribution in [3.8, 4) is 0 Å². The summed E-state index contributed by atoms with van der Waals surface area (Å²) in [6.07, 6.45) is 4.70. The molecule has 0 amide bonds. The second-order valence-corrected chi connectivity index (χ2v) is 6.60. The van der Waals surface area contributed by atoms with Crippen molar-refractivity contribution in [2.24, 2.45) is 11.8 Å². The van der Waals surface area contributed by atoms with E-state index in [1.165, 1.54) is 29.5 Å². The van der Waals surface area contributed by atoms with Gasteiger partial charge in [-0.05, 0) is 60.3 Å². The molecule has 0 aliphatic heterocycles. The molecule has 1 N–H and O–H groups in total. The third-order valence-corrected chi connectivity index (χ3v) is 5.23. The van der Waals surface area contributed by atoms with E-state index in [2.05, 4.69) is 35.3 Å². The quantitative estimate of drug-likeness (QED) is 0.935. The van der Waals surface area contributed by atoms with Gasteiger partial charge in [0.1, 0.15) is 0 Å². The van der Waals surface area contributed by atoms with Gasteiger partial charge in [0.2, 0.25) is 0 Å². The summed E-state index contributed by atoms with van der Waals surface area (Å²) in [5.41, 5.74) is 5.14. The fourth-order valence-electron chi connectivity index (χ4n) is 4.11. The number of pyridine rings is 1. The minimum atomic E-state index is -0.263. The van der Waals surface area contributed by atoms with Crippen molar-refractivity contribution in [3.05, 3.63) is 65.0 Å². The number of hydrogen-bond acceptors (Lipinski definition) is 2. The van der Waals surface area contributed by atoms with E-state index in [0.29, 0.717) is 24.2 Å². The van der Waals surface area contributed by atoms with Gasteiger partial charge in [0.15, 0.2) is 0 Å². The highest BCUT2D eigenvalue weighted by Gasteiger charge is 2.55. The highest BCUT2D eigenvalue weighted by Crippen LogP contribution is 2.61. The number of aryl methyl sites for hydroxylation is 2. The molecule has 1 aromatic carbocycles. The van der Waals surface area contributed by atoms with Gasteiger partial charge < -0.3 is 5.11 Å². The van der Waals surface area contributed by atoms with E-state index >= 15 is 0 Å². The number of fused-ring (bicyclic) bond motifs is 3. The van der Waals surface area contributed by atoms with Crippen LogP contribution in [-0.2, 0) is 12.8 Å². The molecule has 1 aromatic heterocycles. The molecule has 4 unspecified atom stereocenters. The third kappa shape index (κ3) is 2.28. The Labute approximate surface area is 125 Å². The van der Waals surface area contributed by atoms with E-state index in [9.17, 15) is 5.11 Å². The molecule has 4 rings (SSSR count). The minimum absolute atomic E-state index is 0.263. The summed E-state index contributed by atoms with van der Waals surface area (Å²) in [7, 11) is 0. The van der Waals surface area contributed by atoms with E-state index in [0.717, 1.165) is 5.69 Å². The maximum absolute atomic E-state index is 10.6. The summed E-state index contributed by atoms with van der Waals surface area (Å²) in [5, 5.41) is 10.6. The molecule has 4 atom stereocenters. The van der Waals surface area contributed by atoms with Crippen molar-refractivity contribution >= 4 is 0 Å². The maximum atomic E-state index is 10.6. The predicted octanol–water partition coefficient (Wildman–Crippen LogP) is 3.27. The lowest BCUT2D eigenvalue weighted by Crippen LogP contribution is -2.15. The largest absolute Gasteiger partial charge is 0.392 e. The molecule has 2 nitrogen and oxygen atoms in total. The Balaban J connectivity index is 1.50. The highest BCUT2D eigenvalue weighted by atomic mass is 16.3. The van der Waals surface area contributed by atoms with Crippen molar-refractivity contribution in [2.75, 3.05) is 0 Å². The van der Waals surface area contributed by atoms with Crippen LogP contribution in [0.3, 0.4) is 0 Å². The van der Waals surface area contributed by atoms with E-state index < -0.39 is 0 Å². The predicted molar refractivity (Wildman–Crippen MR) is 83.2 cm³/mol. The van der Waals surface area contributed by atoms with Gasteiger partial charge in [0.25, 0.3) is 0 Å². The lowest BCUT2D eigenvalue weighted by molar-refractivity contribution is 0.142. The molecule has 1 heterocycles. The molecule has 2 aromatic rings. The summed E-state index contributed by atoms with van der Waals surface area (Å²) in [6, 6.07) is 12.9. The number of nitrogens with zero attached hydrogens (tertiary/aromatic N) is 1. The summed E-state index contributed by atoms with van der Waals surface area (Å²) in [6.45, 7) is 2.04. The number of aliphatic hydroxyl groups is 1. The fraction of sp³-hybridized carbons (Fsp3) is 0.421. The zero-order valence-corrected chi connectivity index (χ0v) is 12.4. The van der Waals surface area contributed by atoms with Gasteiger partial charge in [-0.3, -0.25) is 4.98 Å². The first-order chi connectivity index (χ1) is 10.2. The first-order valence-corrected chi connectivity index (χ1v) is 7.91. The van der Waals surface area contributed by atoms with Gasteiger partial charge in [0, 0.05) is 18.3 Å². The van der Waals surface area contributed by atoms with Crippen molar-refractivity contribution in [1.29, 1.82) is 0 Å². The molecule has 0 bridgehead atoms. The summed E-state index contributed by atoms with van der Waals surface area (Å²) < 4.78 is 0. The Hall–Kier alpha value is -1.67. The van der Waals surface area contributed by atoms with Gasteiger partial charge in [-0.25, -0.2) is 0 Å². The van der Waals surface area contributed by atoms with E-state index in [4.69, 9.17) is 0 Å². The van der Waals surface area contributed by atoms with Gasteiger partial charge in [0.05, 0.1) is 6.10 Å². The highest BCUT2D eigenvalue weighted by molar-refractivity contribution is 5.40. The van der Waals surface area contributed by atoms with Gasteiger partial charge in [-0.15, -0.1) is 0 Å². The van der Waals surface area contributed by atoms with Gasteiger partial charge in [-0.1, -0.05) is 30.3 Å². The first-order valence-electron chi connectivity index (χ1n) is 7.91. The Bertz CT molecular complexity index is 649. The van der Waals surface area contributed by atoms with E-state index in [1.807, 2.05) is 19.2 Å². The SMILES string of the molecule is Cc1ccc(CC(O)C2C3CCc4ccccc4C32)nc1. The van der Waals surface area contributed by atoms with Gasteiger partial charge in [-0.2, -0.15) is 0 Å². The Morgan fingerprint density at radius 2 is 2.10 bits per heavy atom. The number of rotatable bonds is 3. The number of aromatic nitrogens is 1. The van der Waals surface area contributed by atoms with Crippen LogP contribution >= 0.6 is 0 Å². The van der Waals surface area contributed by atoms with Crippen LogP contribution in [0.1, 0.15) is 34.7 Å². The van der Waals surface area contributed by atoms with Crippen LogP contribution in [0.15, 0.2) is 42.6 Å². The molecule has 2 aliphatic carbocycles. The van der Waals surface area contributed by atoms with Crippen LogP contribution in [0.2, 0.25) is 0 Å². The Morgan fingerprint density at radius 3 is 2.90 bits per heavy atom. The Kier molecular flexibility index (Phi) is 3.07. The second-order valence-electron chi connectivity index (χ2n) is 6.60. The molecule has 0 spiro atoms. The Morgan fingerprint density at radius 1 is 1.24 bits per heavy atom. The molecule has 2 heteroatoms. The number of hydrogen-bond donors (Lipinski definition) is 1. The molecule has 1 fully saturated rings. The average molecular weight is 279 g/mol. The lowest BCUT2D eigenvalue weighted by atomic mass is 9.92. The van der Waals surface area contributed by atoms with Crippen LogP contribution in [0, 0.1) is 18.8 Å². The van der Waals surface area contributed by atoms with Crippen LogP contribution in [0.5, 0.6) is 0 Å². The normalized spacial score (nSPS) is 27.6. The zero-order chi connectivity index (χ0) is 14.4. The first kappa shape index (κ1) is 13.0.